The number of carbonyl (C=O) groups excluding carboxylic acids is 1. The first-order valence-electron chi connectivity index (χ1n) is 7.05. The molecule has 2 aromatic rings. The number of pyridine rings is 1. The first-order valence-corrected chi connectivity index (χ1v) is 7.05. The van der Waals surface area contributed by atoms with Gasteiger partial charge in [-0.1, -0.05) is 18.2 Å². The van der Waals surface area contributed by atoms with Gasteiger partial charge in [0.05, 0.1) is 5.56 Å². The van der Waals surface area contributed by atoms with Gasteiger partial charge in [-0.3, -0.25) is 0 Å². The molecule has 1 heterocycles. The van der Waals surface area contributed by atoms with Gasteiger partial charge in [0.2, 0.25) is 0 Å². The van der Waals surface area contributed by atoms with Gasteiger partial charge in [0.25, 0.3) is 0 Å². The van der Waals surface area contributed by atoms with Crippen LogP contribution in [0.3, 0.4) is 0 Å². The van der Waals surface area contributed by atoms with Crippen molar-refractivity contribution in [2.45, 2.75) is 6.54 Å². The van der Waals surface area contributed by atoms with Crippen LogP contribution in [0, 0.1) is 17.1 Å². The smallest absolute Gasteiger partial charge is 0.315 e. The molecule has 2 rings (SSSR count). The molecule has 6 nitrogen and oxygen atoms in total. The van der Waals surface area contributed by atoms with Crippen LogP contribution in [0.5, 0.6) is 0 Å². The molecule has 0 fully saturated rings. The van der Waals surface area contributed by atoms with Gasteiger partial charge in [-0.2, -0.15) is 5.26 Å². The van der Waals surface area contributed by atoms with E-state index >= 15 is 0 Å². The number of nitrogens with zero attached hydrogens (tertiary/aromatic N) is 2. The summed E-state index contributed by atoms with van der Waals surface area (Å²) < 4.78 is 13.4. The Morgan fingerprint density at radius 2 is 2.00 bits per heavy atom. The molecular formula is C16H16FN5O. The molecule has 118 valence electrons. The van der Waals surface area contributed by atoms with Crippen LogP contribution in [-0.2, 0) is 6.54 Å². The van der Waals surface area contributed by atoms with Crippen molar-refractivity contribution < 1.29 is 9.18 Å². The zero-order valence-corrected chi connectivity index (χ0v) is 12.3. The summed E-state index contributed by atoms with van der Waals surface area (Å²) in [6, 6.07) is 11.2. The summed E-state index contributed by atoms with van der Waals surface area (Å²) in [5.41, 5.74) is 0.865. The molecule has 0 atom stereocenters. The zero-order valence-electron chi connectivity index (χ0n) is 12.3. The van der Waals surface area contributed by atoms with Crippen LogP contribution in [0.25, 0.3) is 0 Å². The van der Waals surface area contributed by atoms with E-state index in [2.05, 4.69) is 20.9 Å². The van der Waals surface area contributed by atoms with E-state index in [-0.39, 0.29) is 12.4 Å². The van der Waals surface area contributed by atoms with Crippen LogP contribution in [0.15, 0.2) is 42.6 Å². The summed E-state index contributed by atoms with van der Waals surface area (Å²) in [6.45, 7) is 0.869. The maximum atomic E-state index is 13.4. The molecule has 0 unspecified atom stereocenters. The molecule has 1 aromatic heterocycles. The Hall–Kier alpha value is -3.14. The Balaban J connectivity index is 1.69. The Bertz CT molecular complexity index is 714. The molecule has 0 spiro atoms. The van der Waals surface area contributed by atoms with E-state index in [0.717, 1.165) is 0 Å². The largest absolute Gasteiger partial charge is 0.367 e. The number of nitriles is 1. The zero-order chi connectivity index (χ0) is 16.5. The number of anilines is 1. The van der Waals surface area contributed by atoms with Crippen LogP contribution in [0.4, 0.5) is 15.0 Å². The molecule has 0 aliphatic carbocycles. The number of hydrogen-bond donors (Lipinski definition) is 3. The number of halogens is 1. The van der Waals surface area contributed by atoms with Crippen molar-refractivity contribution in [3.63, 3.8) is 0 Å². The van der Waals surface area contributed by atoms with Gasteiger partial charge in [0.15, 0.2) is 0 Å². The molecule has 0 aliphatic heterocycles. The average molecular weight is 313 g/mol. The molecule has 1 aromatic carbocycles. The van der Waals surface area contributed by atoms with Gasteiger partial charge in [-0.25, -0.2) is 14.2 Å². The molecule has 3 N–H and O–H groups in total. The Kier molecular flexibility index (Phi) is 5.89. The van der Waals surface area contributed by atoms with Gasteiger partial charge < -0.3 is 16.0 Å². The Morgan fingerprint density at radius 1 is 1.17 bits per heavy atom. The molecule has 0 saturated heterocycles. The molecule has 0 bridgehead atoms. The number of nitrogens with one attached hydrogen (secondary N) is 3. The fraction of sp³-hybridized carbons (Fsp3) is 0.188. The lowest BCUT2D eigenvalue weighted by Crippen LogP contribution is -2.37. The number of urea groups is 1. The van der Waals surface area contributed by atoms with E-state index in [9.17, 15) is 9.18 Å². The van der Waals surface area contributed by atoms with Gasteiger partial charge in [-0.05, 0) is 18.2 Å². The maximum Gasteiger partial charge on any atom is 0.315 e. The molecule has 7 heteroatoms. The van der Waals surface area contributed by atoms with E-state index < -0.39 is 6.03 Å². The van der Waals surface area contributed by atoms with E-state index in [4.69, 9.17) is 5.26 Å². The first kappa shape index (κ1) is 16.2. The predicted octanol–water partition coefficient (Wildman–Crippen LogP) is 2.00. The summed E-state index contributed by atoms with van der Waals surface area (Å²) in [7, 11) is 0. The van der Waals surface area contributed by atoms with E-state index in [0.29, 0.717) is 30.0 Å². The average Bonchev–Trinajstić information content (AvgIpc) is 2.58. The number of hydrogen-bond acceptors (Lipinski definition) is 4. The van der Waals surface area contributed by atoms with E-state index in [1.54, 1.807) is 36.5 Å². The topological polar surface area (TPSA) is 89.8 Å². The summed E-state index contributed by atoms with van der Waals surface area (Å²) in [5.74, 6) is 0.122. The molecule has 2 amide bonds. The summed E-state index contributed by atoms with van der Waals surface area (Å²) in [4.78, 5) is 15.7. The highest BCUT2D eigenvalue weighted by Gasteiger charge is 2.04. The van der Waals surface area contributed by atoms with Crippen molar-refractivity contribution in [3.05, 3.63) is 59.5 Å². The monoisotopic (exact) mass is 313 g/mol. The SMILES string of the molecule is N#Cc1cccnc1NCCNC(=O)NCc1ccccc1F. The lowest BCUT2D eigenvalue weighted by molar-refractivity contribution is 0.241. The third-order valence-corrected chi connectivity index (χ3v) is 3.03. The maximum absolute atomic E-state index is 13.4. The second-order valence-corrected chi connectivity index (χ2v) is 4.64. The van der Waals surface area contributed by atoms with Crippen molar-refractivity contribution in [1.29, 1.82) is 5.26 Å². The van der Waals surface area contributed by atoms with Crippen molar-refractivity contribution in [3.8, 4) is 6.07 Å². The lowest BCUT2D eigenvalue weighted by atomic mass is 10.2. The molecule has 0 radical (unpaired) electrons. The second kappa shape index (κ2) is 8.34. The van der Waals surface area contributed by atoms with Gasteiger partial charge >= 0.3 is 6.03 Å². The molecule has 0 aliphatic rings. The Labute approximate surface area is 133 Å². The minimum Gasteiger partial charge on any atom is -0.367 e. The first-order chi connectivity index (χ1) is 11.2. The van der Waals surface area contributed by atoms with E-state index in [1.807, 2.05) is 6.07 Å². The highest BCUT2D eigenvalue weighted by atomic mass is 19.1. The lowest BCUT2D eigenvalue weighted by Gasteiger charge is -2.10. The minimum absolute atomic E-state index is 0.116. The van der Waals surface area contributed by atoms with Crippen LogP contribution >= 0.6 is 0 Å². The number of benzene rings is 1. The van der Waals surface area contributed by atoms with Crippen LogP contribution in [-0.4, -0.2) is 24.1 Å². The second-order valence-electron chi connectivity index (χ2n) is 4.64. The highest BCUT2D eigenvalue weighted by molar-refractivity contribution is 5.73. The molecular weight excluding hydrogens is 297 g/mol. The Morgan fingerprint density at radius 3 is 2.78 bits per heavy atom. The van der Waals surface area contributed by atoms with Crippen molar-refractivity contribution in [1.82, 2.24) is 15.6 Å². The van der Waals surface area contributed by atoms with Crippen molar-refractivity contribution in [2.75, 3.05) is 18.4 Å². The van der Waals surface area contributed by atoms with Gasteiger partial charge in [0, 0.05) is 31.4 Å². The number of carbonyl (C=O) groups is 1. The summed E-state index contributed by atoms with van der Waals surface area (Å²) in [6.07, 6.45) is 1.58. The summed E-state index contributed by atoms with van der Waals surface area (Å²) in [5, 5.41) is 17.1. The number of aromatic nitrogens is 1. The van der Waals surface area contributed by atoms with Crippen molar-refractivity contribution in [2.24, 2.45) is 0 Å². The number of amides is 2. The quantitative estimate of drug-likeness (QED) is 0.712. The standard InChI is InChI=1S/C16H16FN5O/c17-14-6-2-1-4-13(14)11-22-16(23)21-9-8-20-15-12(10-18)5-3-7-19-15/h1-7H,8-9,11H2,(H,19,20)(H2,21,22,23). The fourth-order valence-corrected chi connectivity index (χ4v) is 1.87. The normalized spacial score (nSPS) is 9.74. The summed E-state index contributed by atoms with van der Waals surface area (Å²) >= 11 is 0. The fourth-order valence-electron chi connectivity index (χ4n) is 1.87. The van der Waals surface area contributed by atoms with Crippen LogP contribution in [0.1, 0.15) is 11.1 Å². The van der Waals surface area contributed by atoms with E-state index in [1.165, 1.54) is 6.07 Å². The van der Waals surface area contributed by atoms with Gasteiger partial charge in [0.1, 0.15) is 17.7 Å². The number of rotatable bonds is 6. The molecule has 0 saturated carbocycles. The third-order valence-electron chi connectivity index (χ3n) is 3.03. The predicted molar refractivity (Wildman–Crippen MR) is 84.1 cm³/mol. The van der Waals surface area contributed by atoms with Crippen molar-refractivity contribution >= 4 is 11.8 Å². The minimum atomic E-state index is -0.392. The van der Waals surface area contributed by atoms with Crippen LogP contribution in [0.2, 0.25) is 0 Å². The third kappa shape index (κ3) is 4.97. The van der Waals surface area contributed by atoms with Crippen LogP contribution < -0.4 is 16.0 Å². The highest BCUT2D eigenvalue weighted by Crippen LogP contribution is 2.08. The molecule has 23 heavy (non-hydrogen) atoms. The van der Waals surface area contributed by atoms with Gasteiger partial charge in [-0.15, -0.1) is 0 Å².